The molecule has 0 aromatic heterocycles. The maximum Gasteiger partial charge on any atom is 0.325 e. The largest absolute Gasteiger partial charge is 0.468 e. The number of methoxy groups -OCH3 is 1. The topological polar surface area (TPSA) is 41.9 Å². The van der Waals surface area contributed by atoms with Crippen molar-refractivity contribution in [2.75, 3.05) is 18.6 Å². The Morgan fingerprint density at radius 1 is 1.31 bits per heavy atom. The molecule has 3 rings (SSSR count). The summed E-state index contributed by atoms with van der Waals surface area (Å²) in [6, 6.07) is 13.0. The zero-order valence-corrected chi connectivity index (χ0v) is 17.4. The number of benzodiazepines with no additional fused rings is 1. The van der Waals surface area contributed by atoms with Gasteiger partial charge < -0.3 is 9.64 Å². The van der Waals surface area contributed by atoms with Crippen molar-refractivity contribution >= 4 is 62.1 Å². The Bertz CT molecular complexity index is 916. The van der Waals surface area contributed by atoms with Gasteiger partial charge in [0.15, 0.2) is 0 Å². The van der Waals surface area contributed by atoms with Crippen molar-refractivity contribution in [3.05, 3.63) is 63.1 Å². The lowest BCUT2D eigenvalue weighted by atomic mass is 10.00. The van der Waals surface area contributed by atoms with Crippen LogP contribution in [-0.2, 0) is 9.53 Å². The van der Waals surface area contributed by atoms with Gasteiger partial charge in [0, 0.05) is 20.6 Å². The number of halogens is 2. The van der Waals surface area contributed by atoms with Crippen LogP contribution in [0.4, 0.5) is 5.69 Å². The number of ether oxygens (including phenoxy) is 1. The lowest BCUT2D eigenvalue weighted by Gasteiger charge is -2.25. The molecule has 0 saturated heterocycles. The van der Waals surface area contributed by atoms with E-state index in [2.05, 4.69) is 15.9 Å². The number of benzene rings is 2. The van der Waals surface area contributed by atoms with Gasteiger partial charge in [0.2, 0.25) is 0 Å². The number of hydrogen-bond donors (Lipinski definition) is 0. The molecule has 0 saturated carbocycles. The molecule has 7 heteroatoms. The maximum atomic E-state index is 11.9. The van der Waals surface area contributed by atoms with Crippen LogP contribution in [0.25, 0.3) is 0 Å². The van der Waals surface area contributed by atoms with Gasteiger partial charge in [-0.25, -0.2) is 0 Å². The summed E-state index contributed by atoms with van der Waals surface area (Å²) in [5.74, 6) is -0.366. The molecule has 1 atom stereocenters. The van der Waals surface area contributed by atoms with Gasteiger partial charge in [0.05, 0.1) is 24.6 Å². The van der Waals surface area contributed by atoms with Gasteiger partial charge in [-0.3, -0.25) is 9.79 Å². The Labute approximate surface area is 170 Å². The van der Waals surface area contributed by atoms with Gasteiger partial charge >= 0.3 is 5.97 Å². The molecule has 0 spiro atoms. The Hall–Kier alpha value is -1.76. The van der Waals surface area contributed by atoms with E-state index in [1.807, 2.05) is 49.4 Å². The molecule has 4 nitrogen and oxygen atoms in total. The minimum Gasteiger partial charge on any atom is -0.468 e. The van der Waals surface area contributed by atoms with Crippen molar-refractivity contribution in [1.82, 2.24) is 0 Å². The third-order valence-corrected chi connectivity index (χ3v) is 5.48. The first-order valence-electron chi connectivity index (χ1n) is 7.93. The predicted molar refractivity (Wildman–Crippen MR) is 113 cm³/mol. The Kier molecular flexibility index (Phi) is 5.75. The number of hydrogen-bond acceptors (Lipinski definition) is 4. The van der Waals surface area contributed by atoms with E-state index in [1.165, 1.54) is 7.11 Å². The zero-order chi connectivity index (χ0) is 18.8. The number of thiocarbonyl (C=S) groups is 1. The Morgan fingerprint density at radius 3 is 2.73 bits per heavy atom. The Morgan fingerprint density at radius 2 is 2.04 bits per heavy atom. The number of rotatable bonds is 3. The summed E-state index contributed by atoms with van der Waals surface area (Å²) in [5, 5.41) is 0.608. The summed E-state index contributed by atoms with van der Waals surface area (Å²) in [5.41, 5.74) is 3.21. The smallest absolute Gasteiger partial charge is 0.325 e. The molecule has 26 heavy (non-hydrogen) atoms. The van der Waals surface area contributed by atoms with E-state index < -0.39 is 0 Å². The molecule has 1 heterocycles. The minimum absolute atomic E-state index is 0.0274. The zero-order valence-electron chi connectivity index (χ0n) is 14.2. The van der Waals surface area contributed by atoms with E-state index in [4.69, 9.17) is 33.5 Å². The van der Waals surface area contributed by atoms with Crippen molar-refractivity contribution < 1.29 is 9.53 Å². The fourth-order valence-corrected chi connectivity index (χ4v) is 3.62. The van der Waals surface area contributed by atoms with Gasteiger partial charge in [-0.1, -0.05) is 57.9 Å². The van der Waals surface area contributed by atoms with Crippen LogP contribution in [0.1, 0.15) is 18.1 Å². The first kappa shape index (κ1) is 19.0. The standard InChI is InChI=1S/C19H16BrClN2O2S/c1-11-19(26)23(10-17(24)25-2)16-8-7-12(20)9-14(16)18(22-11)13-5-3-4-6-15(13)21/h3-9,11H,10H2,1-2H3. The lowest BCUT2D eigenvalue weighted by Crippen LogP contribution is -2.39. The van der Waals surface area contributed by atoms with Crippen LogP contribution in [0.5, 0.6) is 0 Å². The van der Waals surface area contributed by atoms with Crippen molar-refractivity contribution in [2.24, 2.45) is 4.99 Å². The van der Waals surface area contributed by atoms with Crippen molar-refractivity contribution in [1.29, 1.82) is 0 Å². The van der Waals surface area contributed by atoms with Gasteiger partial charge in [-0.15, -0.1) is 0 Å². The van der Waals surface area contributed by atoms with Crippen molar-refractivity contribution in [3.8, 4) is 0 Å². The number of nitrogens with zero attached hydrogens (tertiary/aromatic N) is 2. The molecule has 0 radical (unpaired) electrons. The first-order valence-corrected chi connectivity index (χ1v) is 9.51. The number of fused-ring (bicyclic) bond motifs is 1. The second kappa shape index (κ2) is 7.86. The number of carbonyl (C=O) groups is 1. The SMILES string of the molecule is COC(=O)CN1C(=S)C(C)N=C(c2ccccc2Cl)c2cc(Br)ccc21. The van der Waals surface area contributed by atoms with Gasteiger partial charge in [-0.2, -0.15) is 0 Å². The van der Waals surface area contributed by atoms with Crippen LogP contribution in [-0.4, -0.2) is 36.4 Å². The normalized spacial score (nSPS) is 16.6. The van der Waals surface area contributed by atoms with Crippen LogP contribution < -0.4 is 4.90 Å². The molecule has 1 unspecified atom stereocenters. The lowest BCUT2D eigenvalue weighted by molar-refractivity contribution is -0.138. The summed E-state index contributed by atoms with van der Waals surface area (Å²) in [7, 11) is 1.36. The third kappa shape index (κ3) is 3.68. The average molecular weight is 452 g/mol. The van der Waals surface area contributed by atoms with Crippen molar-refractivity contribution in [2.45, 2.75) is 13.0 Å². The molecular formula is C19H16BrClN2O2S. The van der Waals surface area contributed by atoms with Crippen LogP contribution >= 0.6 is 39.7 Å². The van der Waals surface area contributed by atoms with E-state index in [-0.39, 0.29) is 18.6 Å². The second-order valence-corrected chi connectivity index (χ2v) is 7.54. The molecule has 0 fully saturated rings. The molecule has 2 aromatic rings. The highest BCUT2D eigenvalue weighted by Crippen LogP contribution is 2.33. The van der Waals surface area contributed by atoms with E-state index in [9.17, 15) is 4.79 Å². The fraction of sp³-hybridized carbons (Fsp3) is 0.211. The maximum absolute atomic E-state index is 11.9. The summed E-state index contributed by atoms with van der Waals surface area (Å²) in [4.78, 5) is 19.1. The highest BCUT2D eigenvalue weighted by atomic mass is 79.9. The second-order valence-electron chi connectivity index (χ2n) is 5.80. The molecule has 0 bridgehead atoms. The van der Waals surface area contributed by atoms with E-state index in [0.29, 0.717) is 10.0 Å². The molecule has 0 amide bonds. The highest BCUT2D eigenvalue weighted by molar-refractivity contribution is 9.10. The molecule has 0 N–H and O–H groups in total. The van der Waals surface area contributed by atoms with E-state index in [1.54, 1.807) is 4.90 Å². The first-order chi connectivity index (χ1) is 12.4. The monoisotopic (exact) mass is 450 g/mol. The van der Waals surface area contributed by atoms with E-state index >= 15 is 0 Å². The molecule has 1 aliphatic rings. The van der Waals surface area contributed by atoms with Crippen LogP contribution in [0.15, 0.2) is 51.9 Å². The molecule has 0 aliphatic carbocycles. The highest BCUT2D eigenvalue weighted by Gasteiger charge is 2.29. The number of esters is 1. The molecular weight excluding hydrogens is 436 g/mol. The fourth-order valence-electron chi connectivity index (χ4n) is 2.82. The molecule has 2 aromatic carbocycles. The predicted octanol–water partition coefficient (Wildman–Crippen LogP) is 4.65. The third-order valence-electron chi connectivity index (χ3n) is 4.09. The quantitative estimate of drug-likeness (QED) is 0.503. The van der Waals surface area contributed by atoms with Gasteiger partial charge in [0.25, 0.3) is 0 Å². The van der Waals surface area contributed by atoms with E-state index in [0.717, 1.165) is 27.0 Å². The summed E-state index contributed by atoms with van der Waals surface area (Å²) in [6.07, 6.45) is 0. The average Bonchev–Trinajstić information content (AvgIpc) is 2.72. The Balaban J connectivity index is 2.23. The van der Waals surface area contributed by atoms with Crippen LogP contribution in [0.2, 0.25) is 5.02 Å². The summed E-state index contributed by atoms with van der Waals surface area (Å²) < 4.78 is 5.74. The number of carbonyl (C=O) groups excluding carboxylic acids is 1. The number of anilines is 1. The van der Waals surface area contributed by atoms with Crippen molar-refractivity contribution in [3.63, 3.8) is 0 Å². The summed E-state index contributed by atoms with van der Waals surface area (Å²) >= 11 is 15.6. The van der Waals surface area contributed by atoms with Crippen LogP contribution in [0.3, 0.4) is 0 Å². The van der Waals surface area contributed by atoms with Gasteiger partial charge in [0.1, 0.15) is 11.5 Å². The molecule has 1 aliphatic heterocycles. The van der Waals surface area contributed by atoms with Gasteiger partial charge in [-0.05, 0) is 31.2 Å². The van der Waals surface area contributed by atoms with Crippen LogP contribution in [0, 0.1) is 0 Å². The minimum atomic E-state index is -0.366. The molecule has 134 valence electrons. The number of aliphatic imine (C=N–C) groups is 1. The summed E-state index contributed by atoms with van der Waals surface area (Å²) in [6.45, 7) is 1.93.